The number of nitrogens with one attached hydrogen (secondary N) is 1. The van der Waals surface area contributed by atoms with Crippen molar-refractivity contribution in [1.29, 1.82) is 0 Å². The minimum Gasteiger partial charge on any atom is -0.508 e. The van der Waals surface area contributed by atoms with Crippen LogP contribution in [-0.2, 0) is 4.79 Å². The third kappa shape index (κ3) is 3.26. The van der Waals surface area contributed by atoms with Gasteiger partial charge in [0.25, 0.3) is 0 Å². The maximum atomic E-state index is 12.6. The summed E-state index contributed by atoms with van der Waals surface area (Å²) in [4.78, 5) is 14.4. The monoisotopic (exact) mass is 262 g/mol. The summed E-state index contributed by atoms with van der Waals surface area (Å²) in [5.74, 6) is 0.447. The summed E-state index contributed by atoms with van der Waals surface area (Å²) in [6.07, 6.45) is 1.77. The fourth-order valence-corrected chi connectivity index (χ4v) is 2.70. The molecule has 1 aliphatic rings. The predicted molar refractivity (Wildman–Crippen MR) is 76.3 cm³/mol. The second-order valence-corrected chi connectivity index (χ2v) is 5.18. The van der Waals surface area contributed by atoms with E-state index in [9.17, 15) is 9.90 Å². The molecule has 2 rings (SSSR count). The van der Waals surface area contributed by atoms with E-state index in [1.165, 1.54) is 0 Å². The van der Waals surface area contributed by atoms with Gasteiger partial charge >= 0.3 is 0 Å². The van der Waals surface area contributed by atoms with E-state index >= 15 is 0 Å². The lowest BCUT2D eigenvalue weighted by Gasteiger charge is -2.31. The number of phenolic OH excluding ortho intramolecular Hbond substituents is 1. The van der Waals surface area contributed by atoms with Crippen LogP contribution in [0, 0.1) is 5.92 Å². The third-order valence-electron chi connectivity index (χ3n) is 3.70. The Morgan fingerprint density at radius 3 is 2.95 bits per heavy atom. The smallest absolute Gasteiger partial charge is 0.230 e. The SMILES string of the molecule is CCN(C(=O)C1CCNC(C)C1)c1cccc(O)c1. The van der Waals surface area contributed by atoms with Gasteiger partial charge in [0, 0.05) is 30.3 Å². The Kier molecular flexibility index (Phi) is 4.43. The Bertz CT molecular complexity index is 448. The van der Waals surface area contributed by atoms with Crippen LogP contribution in [0.15, 0.2) is 24.3 Å². The quantitative estimate of drug-likeness (QED) is 0.877. The van der Waals surface area contributed by atoms with Crippen molar-refractivity contribution in [3.05, 3.63) is 24.3 Å². The number of carbonyl (C=O) groups is 1. The van der Waals surface area contributed by atoms with Gasteiger partial charge in [-0.1, -0.05) is 6.07 Å². The van der Waals surface area contributed by atoms with Crippen LogP contribution in [0.5, 0.6) is 5.75 Å². The molecule has 0 aromatic heterocycles. The molecule has 4 heteroatoms. The van der Waals surface area contributed by atoms with E-state index in [0.29, 0.717) is 12.6 Å². The molecule has 0 aliphatic carbocycles. The van der Waals surface area contributed by atoms with E-state index in [2.05, 4.69) is 12.2 Å². The van der Waals surface area contributed by atoms with Crippen molar-refractivity contribution in [2.24, 2.45) is 5.92 Å². The molecule has 1 aromatic carbocycles. The fourth-order valence-electron chi connectivity index (χ4n) is 2.70. The summed E-state index contributed by atoms with van der Waals surface area (Å²) in [5, 5.41) is 12.9. The van der Waals surface area contributed by atoms with E-state index in [1.54, 1.807) is 23.1 Å². The number of amides is 1. The Labute approximate surface area is 114 Å². The van der Waals surface area contributed by atoms with Gasteiger partial charge in [-0.05, 0) is 45.4 Å². The molecule has 0 bridgehead atoms. The summed E-state index contributed by atoms with van der Waals surface area (Å²) >= 11 is 0. The van der Waals surface area contributed by atoms with Gasteiger partial charge < -0.3 is 15.3 Å². The average Bonchev–Trinajstić information content (AvgIpc) is 2.39. The van der Waals surface area contributed by atoms with Gasteiger partial charge in [0.1, 0.15) is 5.75 Å². The van der Waals surface area contributed by atoms with E-state index in [1.807, 2.05) is 13.0 Å². The Balaban J connectivity index is 2.15. The molecule has 19 heavy (non-hydrogen) atoms. The summed E-state index contributed by atoms with van der Waals surface area (Å²) in [5.41, 5.74) is 0.777. The number of carbonyl (C=O) groups excluding carboxylic acids is 1. The summed E-state index contributed by atoms with van der Waals surface area (Å²) in [6.45, 7) is 5.60. The first-order valence-electron chi connectivity index (χ1n) is 6.95. The molecule has 1 fully saturated rings. The molecule has 1 saturated heterocycles. The predicted octanol–water partition coefficient (Wildman–Crippen LogP) is 2.13. The maximum absolute atomic E-state index is 12.6. The Morgan fingerprint density at radius 2 is 2.32 bits per heavy atom. The number of hydrogen-bond acceptors (Lipinski definition) is 3. The molecule has 1 heterocycles. The van der Waals surface area contributed by atoms with Gasteiger partial charge in [-0.15, -0.1) is 0 Å². The lowest BCUT2D eigenvalue weighted by atomic mass is 9.92. The topological polar surface area (TPSA) is 52.6 Å². The molecule has 0 radical (unpaired) electrons. The van der Waals surface area contributed by atoms with Crippen LogP contribution in [0.4, 0.5) is 5.69 Å². The number of benzene rings is 1. The van der Waals surface area contributed by atoms with Crippen LogP contribution in [-0.4, -0.2) is 30.1 Å². The second-order valence-electron chi connectivity index (χ2n) is 5.18. The van der Waals surface area contributed by atoms with Gasteiger partial charge in [-0.25, -0.2) is 0 Å². The van der Waals surface area contributed by atoms with Crippen LogP contribution in [0.25, 0.3) is 0 Å². The average molecular weight is 262 g/mol. The number of rotatable bonds is 3. The lowest BCUT2D eigenvalue weighted by Crippen LogP contribution is -2.44. The number of hydrogen-bond donors (Lipinski definition) is 2. The second kappa shape index (κ2) is 6.06. The maximum Gasteiger partial charge on any atom is 0.230 e. The number of aromatic hydroxyl groups is 1. The molecular weight excluding hydrogens is 240 g/mol. The Morgan fingerprint density at radius 1 is 1.53 bits per heavy atom. The number of anilines is 1. The molecular formula is C15H22N2O2. The van der Waals surface area contributed by atoms with E-state index in [0.717, 1.165) is 25.1 Å². The van der Waals surface area contributed by atoms with Crippen LogP contribution in [0.1, 0.15) is 26.7 Å². The largest absolute Gasteiger partial charge is 0.508 e. The van der Waals surface area contributed by atoms with Gasteiger partial charge in [0.05, 0.1) is 0 Å². The number of nitrogens with zero attached hydrogens (tertiary/aromatic N) is 1. The molecule has 104 valence electrons. The van der Waals surface area contributed by atoms with Crippen LogP contribution >= 0.6 is 0 Å². The van der Waals surface area contributed by atoms with Crippen molar-refractivity contribution in [2.45, 2.75) is 32.7 Å². The van der Waals surface area contributed by atoms with Crippen LogP contribution < -0.4 is 10.2 Å². The molecule has 2 atom stereocenters. The normalized spacial score (nSPS) is 23.1. The molecule has 2 unspecified atom stereocenters. The molecule has 2 N–H and O–H groups in total. The van der Waals surface area contributed by atoms with Gasteiger partial charge in [-0.2, -0.15) is 0 Å². The first-order valence-corrected chi connectivity index (χ1v) is 6.95. The van der Waals surface area contributed by atoms with Crippen molar-refractivity contribution in [1.82, 2.24) is 5.32 Å². The van der Waals surface area contributed by atoms with Crippen molar-refractivity contribution >= 4 is 11.6 Å². The van der Waals surface area contributed by atoms with E-state index in [-0.39, 0.29) is 17.6 Å². The van der Waals surface area contributed by atoms with Crippen molar-refractivity contribution in [2.75, 3.05) is 18.0 Å². The highest BCUT2D eigenvalue weighted by Crippen LogP contribution is 2.25. The Hall–Kier alpha value is -1.55. The highest BCUT2D eigenvalue weighted by Gasteiger charge is 2.28. The first kappa shape index (κ1) is 13.9. The molecule has 1 aromatic rings. The molecule has 0 spiro atoms. The van der Waals surface area contributed by atoms with Crippen molar-refractivity contribution in [3.8, 4) is 5.75 Å². The molecule has 1 aliphatic heterocycles. The van der Waals surface area contributed by atoms with E-state index in [4.69, 9.17) is 0 Å². The van der Waals surface area contributed by atoms with Gasteiger partial charge in [0.15, 0.2) is 0 Å². The minimum atomic E-state index is 0.0820. The van der Waals surface area contributed by atoms with Crippen LogP contribution in [0.3, 0.4) is 0 Å². The van der Waals surface area contributed by atoms with Crippen molar-refractivity contribution in [3.63, 3.8) is 0 Å². The number of piperidine rings is 1. The fraction of sp³-hybridized carbons (Fsp3) is 0.533. The molecule has 4 nitrogen and oxygen atoms in total. The lowest BCUT2D eigenvalue weighted by molar-refractivity contribution is -0.123. The van der Waals surface area contributed by atoms with Crippen LogP contribution in [0.2, 0.25) is 0 Å². The van der Waals surface area contributed by atoms with Gasteiger partial charge in [-0.3, -0.25) is 4.79 Å². The number of phenols is 1. The molecule has 0 saturated carbocycles. The van der Waals surface area contributed by atoms with Crippen molar-refractivity contribution < 1.29 is 9.90 Å². The zero-order valence-corrected chi connectivity index (χ0v) is 11.6. The van der Waals surface area contributed by atoms with Gasteiger partial charge in [0.2, 0.25) is 5.91 Å². The summed E-state index contributed by atoms with van der Waals surface area (Å²) in [6, 6.07) is 7.29. The zero-order chi connectivity index (χ0) is 13.8. The minimum absolute atomic E-state index is 0.0820. The first-order chi connectivity index (χ1) is 9.11. The summed E-state index contributed by atoms with van der Waals surface area (Å²) in [7, 11) is 0. The molecule has 1 amide bonds. The summed E-state index contributed by atoms with van der Waals surface area (Å²) < 4.78 is 0. The highest BCUT2D eigenvalue weighted by molar-refractivity contribution is 5.95. The third-order valence-corrected chi connectivity index (χ3v) is 3.70. The zero-order valence-electron chi connectivity index (χ0n) is 11.6. The highest BCUT2D eigenvalue weighted by atomic mass is 16.3. The van der Waals surface area contributed by atoms with E-state index < -0.39 is 0 Å². The standard InChI is InChI=1S/C15H22N2O2/c1-3-17(13-5-4-6-14(18)10-13)15(19)12-7-8-16-11(2)9-12/h4-6,10-12,16,18H,3,7-9H2,1-2H3.